The predicted molar refractivity (Wildman–Crippen MR) is 68.0 cm³/mol. The summed E-state index contributed by atoms with van der Waals surface area (Å²) in [7, 11) is 0. The highest BCUT2D eigenvalue weighted by molar-refractivity contribution is 5.29. The molecule has 1 aromatic carbocycles. The number of hydrogen-bond acceptors (Lipinski definition) is 4. The lowest BCUT2D eigenvalue weighted by atomic mass is 10.1. The minimum absolute atomic E-state index is 0.620. The Balaban J connectivity index is 1.54. The molecule has 0 spiro atoms. The first-order valence-electron chi connectivity index (χ1n) is 6.40. The van der Waals surface area contributed by atoms with Crippen molar-refractivity contribution in [2.45, 2.75) is 38.8 Å². The molecule has 2 aromatic rings. The molecule has 1 N–H and O–H groups in total. The summed E-state index contributed by atoms with van der Waals surface area (Å²) in [6.07, 6.45) is 2.69. The fourth-order valence-corrected chi connectivity index (χ4v) is 2.10. The van der Waals surface area contributed by atoms with Crippen molar-refractivity contribution < 1.29 is 4.52 Å². The number of aromatic nitrogens is 2. The molecule has 0 radical (unpaired) electrons. The van der Waals surface area contributed by atoms with Crippen LogP contribution < -0.4 is 5.32 Å². The van der Waals surface area contributed by atoms with E-state index in [-0.39, 0.29) is 0 Å². The Bertz CT molecular complexity index is 531. The van der Waals surface area contributed by atoms with Crippen LogP contribution >= 0.6 is 0 Å². The molecule has 0 aliphatic heterocycles. The van der Waals surface area contributed by atoms with Crippen molar-refractivity contribution in [3.8, 4) is 0 Å². The summed E-state index contributed by atoms with van der Waals surface area (Å²) in [4.78, 5) is 4.16. The Morgan fingerprint density at radius 1 is 1.33 bits per heavy atom. The van der Waals surface area contributed by atoms with Gasteiger partial charge in [0.15, 0.2) is 5.82 Å². The SMILES string of the molecule is Cc1noc(CNCc2cccc(C3CC3)c2)n1. The predicted octanol–water partition coefficient (Wildman–Crippen LogP) is 2.55. The lowest BCUT2D eigenvalue weighted by Gasteiger charge is -2.04. The molecule has 4 heteroatoms. The van der Waals surface area contributed by atoms with Crippen molar-refractivity contribution >= 4 is 0 Å². The van der Waals surface area contributed by atoms with Gasteiger partial charge in [0.1, 0.15) is 0 Å². The van der Waals surface area contributed by atoms with E-state index in [1.54, 1.807) is 0 Å². The van der Waals surface area contributed by atoms with Crippen LogP contribution in [0, 0.1) is 6.92 Å². The third-order valence-electron chi connectivity index (χ3n) is 3.17. The first kappa shape index (κ1) is 11.4. The minimum Gasteiger partial charge on any atom is -0.338 e. The van der Waals surface area contributed by atoms with Gasteiger partial charge in [-0.15, -0.1) is 0 Å². The topological polar surface area (TPSA) is 51.0 Å². The highest BCUT2D eigenvalue weighted by atomic mass is 16.5. The van der Waals surface area contributed by atoms with Crippen LogP contribution in [0.5, 0.6) is 0 Å². The molecule has 1 aromatic heterocycles. The Hall–Kier alpha value is -1.68. The normalized spacial score (nSPS) is 14.9. The number of rotatable bonds is 5. The highest BCUT2D eigenvalue weighted by Crippen LogP contribution is 2.40. The number of nitrogens with zero attached hydrogens (tertiary/aromatic N) is 2. The highest BCUT2D eigenvalue weighted by Gasteiger charge is 2.23. The molecule has 0 unspecified atom stereocenters. The van der Waals surface area contributed by atoms with E-state index in [1.807, 2.05) is 6.92 Å². The molecular formula is C14H17N3O. The Kier molecular flexibility index (Phi) is 3.11. The van der Waals surface area contributed by atoms with E-state index < -0.39 is 0 Å². The average molecular weight is 243 g/mol. The number of benzene rings is 1. The summed E-state index contributed by atoms with van der Waals surface area (Å²) >= 11 is 0. The van der Waals surface area contributed by atoms with E-state index in [1.165, 1.54) is 24.0 Å². The van der Waals surface area contributed by atoms with E-state index in [0.717, 1.165) is 12.5 Å². The van der Waals surface area contributed by atoms with Crippen molar-refractivity contribution in [2.24, 2.45) is 0 Å². The molecule has 1 aliphatic rings. The molecule has 0 saturated heterocycles. The Morgan fingerprint density at radius 3 is 2.94 bits per heavy atom. The third-order valence-corrected chi connectivity index (χ3v) is 3.17. The maximum Gasteiger partial charge on any atom is 0.240 e. The van der Waals surface area contributed by atoms with Crippen LogP contribution in [0.15, 0.2) is 28.8 Å². The molecule has 1 fully saturated rings. The van der Waals surface area contributed by atoms with Crippen molar-refractivity contribution in [3.63, 3.8) is 0 Å². The number of hydrogen-bond donors (Lipinski definition) is 1. The molecular weight excluding hydrogens is 226 g/mol. The van der Waals surface area contributed by atoms with Gasteiger partial charge in [0.05, 0.1) is 6.54 Å². The molecule has 0 amide bonds. The van der Waals surface area contributed by atoms with Gasteiger partial charge in [0.2, 0.25) is 5.89 Å². The number of nitrogens with one attached hydrogen (secondary N) is 1. The summed E-state index contributed by atoms with van der Waals surface area (Å²) in [6.45, 7) is 3.28. The quantitative estimate of drug-likeness (QED) is 0.876. The van der Waals surface area contributed by atoms with E-state index in [9.17, 15) is 0 Å². The molecule has 0 bridgehead atoms. The molecule has 94 valence electrons. The average Bonchev–Trinajstić information content (AvgIpc) is 3.14. The van der Waals surface area contributed by atoms with Crippen LogP contribution in [0.25, 0.3) is 0 Å². The largest absolute Gasteiger partial charge is 0.338 e. The lowest BCUT2D eigenvalue weighted by Crippen LogP contribution is -2.13. The molecule has 0 atom stereocenters. The second-order valence-electron chi connectivity index (χ2n) is 4.86. The lowest BCUT2D eigenvalue weighted by molar-refractivity contribution is 0.364. The summed E-state index contributed by atoms with van der Waals surface area (Å²) < 4.78 is 5.05. The standard InChI is InChI=1S/C14H17N3O/c1-10-16-14(18-17-10)9-15-8-11-3-2-4-13(7-11)12-5-6-12/h2-4,7,12,15H,5-6,8-9H2,1H3. The molecule has 1 heterocycles. The van der Waals surface area contributed by atoms with Crippen molar-refractivity contribution in [3.05, 3.63) is 47.1 Å². The van der Waals surface area contributed by atoms with Gasteiger partial charge in [-0.1, -0.05) is 29.4 Å². The van der Waals surface area contributed by atoms with Crippen LogP contribution in [0.4, 0.5) is 0 Å². The zero-order valence-electron chi connectivity index (χ0n) is 10.5. The van der Waals surface area contributed by atoms with E-state index in [2.05, 4.69) is 39.7 Å². The van der Waals surface area contributed by atoms with Crippen LogP contribution in [-0.2, 0) is 13.1 Å². The molecule has 4 nitrogen and oxygen atoms in total. The fraction of sp³-hybridized carbons (Fsp3) is 0.429. The molecule has 1 saturated carbocycles. The summed E-state index contributed by atoms with van der Waals surface area (Å²) in [5.74, 6) is 2.14. The van der Waals surface area contributed by atoms with E-state index >= 15 is 0 Å². The molecule has 3 rings (SSSR count). The Labute approximate surface area is 106 Å². The summed E-state index contributed by atoms with van der Waals surface area (Å²) in [6, 6.07) is 8.81. The second kappa shape index (κ2) is 4.90. The smallest absolute Gasteiger partial charge is 0.240 e. The van der Waals surface area contributed by atoms with Gasteiger partial charge in [-0.05, 0) is 36.8 Å². The van der Waals surface area contributed by atoms with Gasteiger partial charge >= 0.3 is 0 Å². The summed E-state index contributed by atoms with van der Waals surface area (Å²) in [5.41, 5.74) is 2.79. The van der Waals surface area contributed by atoms with Crippen LogP contribution in [0.3, 0.4) is 0 Å². The van der Waals surface area contributed by atoms with Gasteiger partial charge in [0.25, 0.3) is 0 Å². The first-order chi connectivity index (χ1) is 8.81. The maximum atomic E-state index is 5.05. The van der Waals surface area contributed by atoms with Crippen LogP contribution in [-0.4, -0.2) is 10.1 Å². The van der Waals surface area contributed by atoms with Crippen molar-refractivity contribution in [1.82, 2.24) is 15.5 Å². The van der Waals surface area contributed by atoms with Gasteiger partial charge in [-0.25, -0.2) is 0 Å². The van der Waals surface area contributed by atoms with Crippen LogP contribution in [0.2, 0.25) is 0 Å². The van der Waals surface area contributed by atoms with Crippen molar-refractivity contribution in [2.75, 3.05) is 0 Å². The van der Waals surface area contributed by atoms with Crippen LogP contribution in [0.1, 0.15) is 41.6 Å². The Morgan fingerprint density at radius 2 is 2.22 bits per heavy atom. The monoisotopic (exact) mass is 243 g/mol. The van der Waals surface area contributed by atoms with E-state index in [0.29, 0.717) is 18.3 Å². The molecule has 18 heavy (non-hydrogen) atoms. The molecule has 1 aliphatic carbocycles. The fourth-order valence-electron chi connectivity index (χ4n) is 2.10. The van der Waals surface area contributed by atoms with Gasteiger partial charge in [-0.3, -0.25) is 0 Å². The third kappa shape index (κ3) is 2.76. The van der Waals surface area contributed by atoms with Gasteiger partial charge in [-0.2, -0.15) is 4.98 Å². The zero-order valence-corrected chi connectivity index (χ0v) is 10.5. The first-order valence-corrected chi connectivity index (χ1v) is 6.40. The maximum absolute atomic E-state index is 5.05. The minimum atomic E-state index is 0.620. The number of aryl methyl sites for hydroxylation is 1. The van der Waals surface area contributed by atoms with Gasteiger partial charge < -0.3 is 9.84 Å². The van der Waals surface area contributed by atoms with E-state index in [4.69, 9.17) is 4.52 Å². The zero-order chi connectivity index (χ0) is 12.4. The second-order valence-corrected chi connectivity index (χ2v) is 4.86. The van der Waals surface area contributed by atoms with Crippen molar-refractivity contribution in [1.29, 1.82) is 0 Å². The summed E-state index contributed by atoms with van der Waals surface area (Å²) in [5, 5.41) is 7.08. The van der Waals surface area contributed by atoms with Gasteiger partial charge in [0, 0.05) is 6.54 Å².